The molecule has 3 aromatic carbocycles. The van der Waals surface area contributed by atoms with Gasteiger partial charge in [-0.05, 0) is 0 Å². The second-order valence-electron chi connectivity index (χ2n) is 12.3. The van der Waals surface area contributed by atoms with Crippen LogP contribution in [0.15, 0.2) is 90.1 Å². The molecule has 2 unspecified atom stereocenters. The summed E-state index contributed by atoms with van der Waals surface area (Å²) >= 11 is -3.50. The van der Waals surface area contributed by atoms with E-state index in [1.807, 2.05) is 12.3 Å². The van der Waals surface area contributed by atoms with Gasteiger partial charge in [0, 0.05) is 0 Å². The van der Waals surface area contributed by atoms with E-state index in [9.17, 15) is 0 Å². The van der Waals surface area contributed by atoms with E-state index in [0.29, 0.717) is 13.2 Å². The molecular weight excluding hydrogens is 601 g/mol. The molecule has 5 heteroatoms. The maximum absolute atomic E-state index is 4.80. The quantitative estimate of drug-likeness (QED) is 0.203. The van der Waals surface area contributed by atoms with Crippen molar-refractivity contribution < 1.29 is 17.4 Å². The van der Waals surface area contributed by atoms with Gasteiger partial charge in [0.05, 0.1) is 0 Å². The molecule has 196 valence electrons. The van der Waals surface area contributed by atoms with Crippen LogP contribution in [0.25, 0.3) is 34.2 Å². The number of para-hydroxylation sites is 1. The SMILES string of the molecule is CC1=Cc2ccccc2[CH]1[Zr]([CH3])([CH3])(=[SiH2])[CH]1C(C(C)C)=Cc2c(-c3cccc4cccnc34)cccc21.Cl.Cl. The minimum absolute atomic E-state index is 0. The zero-order valence-corrected chi connectivity index (χ0v) is 28.4. The van der Waals surface area contributed by atoms with Crippen molar-refractivity contribution in [3.05, 3.63) is 112 Å². The average molecular weight is 638 g/mol. The first-order valence-electron chi connectivity index (χ1n) is 13.2. The van der Waals surface area contributed by atoms with E-state index < -0.39 is 17.4 Å². The van der Waals surface area contributed by atoms with Crippen molar-refractivity contribution in [1.82, 2.24) is 4.98 Å². The smallest absolute Gasteiger partial charge is 0.147 e. The van der Waals surface area contributed by atoms with Gasteiger partial charge in [0.25, 0.3) is 0 Å². The van der Waals surface area contributed by atoms with E-state index in [1.54, 1.807) is 22.3 Å². The molecule has 0 radical (unpaired) electrons. The van der Waals surface area contributed by atoms with Crippen molar-refractivity contribution in [1.29, 1.82) is 0 Å². The number of aromatic nitrogens is 1. The number of pyridine rings is 1. The number of halogens is 2. The number of hydrogen-bond acceptors (Lipinski definition) is 1. The fraction of sp³-hybridized carbons (Fsp3) is 0.242. The largest absolute Gasteiger partial charge is 0.147 e. The number of hydrogen-bond donors (Lipinski definition) is 0. The molecule has 0 amide bonds. The molecule has 0 N–H and O–H groups in total. The Balaban J connectivity index is 0.00000168. The van der Waals surface area contributed by atoms with Gasteiger partial charge in [-0.25, -0.2) is 0 Å². The van der Waals surface area contributed by atoms with E-state index in [0.717, 1.165) is 5.52 Å². The van der Waals surface area contributed by atoms with Crippen molar-refractivity contribution in [3.8, 4) is 11.1 Å². The molecule has 6 rings (SSSR count). The maximum atomic E-state index is 4.80. The van der Waals surface area contributed by atoms with Crippen LogP contribution in [0.1, 0.15) is 50.3 Å². The standard InChI is InChI=1S/C21H18N.C10H9.2CH3.2ClH.H2Si.Zr/c1-14(2)17-12-16-7-4-9-18(20(16)13-17)19-10-3-6-15-8-5-11-22-21(15)19;1-8-6-9-4-2-3-5-10(9)7-8;;;;;;/h3-14H,1-2H3;2-7H,1H3;2*1H3;2*1H;1H2;. The van der Waals surface area contributed by atoms with Gasteiger partial charge < -0.3 is 0 Å². The van der Waals surface area contributed by atoms with Gasteiger partial charge in [-0.15, -0.1) is 24.8 Å². The van der Waals surface area contributed by atoms with Crippen LogP contribution < -0.4 is 0 Å². The van der Waals surface area contributed by atoms with E-state index >= 15 is 0 Å². The third-order valence-corrected chi connectivity index (χ3v) is 26.3. The molecule has 2 aliphatic rings. The molecule has 0 saturated heterocycles. The topological polar surface area (TPSA) is 12.9 Å². The van der Waals surface area contributed by atoms with Crippen LogP contribution in [0.3, 0.4) is 0 Å². The Kier molecular flexibility index (Phi) is 7.94. The van der Waals surface area contributed by atoms with E-state index in [4.69, 9.17) is 4.98 Å². The van der Waals surface area contributed by atoms with Crippen molar-refractivity contribution in [2.75, 3.05) is 0 Å². The number of rotatable bonds is 4. The average Bonchev–Trinajstić information content (AvgIpc) is 3.42. The zero-order valence-electron chi connectivity index (χ0n) is 22.9. The minimum Gasteiger partial charge on any atom is -0.147 e. The summed E-state index contributed by atoms with van der Waals surface area (Å²) in [5.74, 6) is 0.513. The van der Waals surface area contributed by atoms with Crippen molar-refractivity contribution in [2.24, 2.45) is 5.92 Å². The fourth-order valence-electron chi connectivity index (χ4n) is 7.44. The monoisotopic (exact) mass is 635 g/mol. The molecule has 38 heavy (non-hydrogen) atoms. The second-order valence-corrected chi connectivity index (χ2v) is 42.8. The molecular formula is C33H37Cl2NSiZr. The van der Waals surface area contributed by atoms with Crippen molar-refractivity contribution >= 4 is 54.7 Å². The molecule has 0 fully saturated rings. The fourth-order valence-corrected chi connectivity index (χ4v) is 28.0. The van der Waals surface area contributed by atoms with Gasteiger partial charge in [-0.2, -0.15) is 0 Å². The summed E-state index contributed by atoms with van der Waals surface area (Å²) in [7, 11) is 0. The second kappa shape index (κ2) is 10.3. The van der Waals surface area contributed by atoms with Gasteiger partial charge in [0.1, 0.15) is 0 Å². The van der Waals surface area contributed by atoms with Crippen LogP contribution in [0.2, 0.25) is 9.26 Å². The van der Waals surface area contributed by atoms with Gasteiger partial charge in [-0.3, -0.25) is 0 Å². The molecule has 2 atom stereocenters. The Bertz CT molecular complexity index is 1670. The van der Waals surface area contributed by atoms with Crippen LogP contribution in [-0.2, 0) is 17.4 Å². The molecule has 1 nitrogen and oxygen atoms in total. The minimum atomic E-state index is -3.50. The first-order chi connectivity index (χ1) is 17.2. The Morgan fingerprint density at radius 3 is 2.18 bits per heavy atom. The predicted molar refractivity (Wildman–Crippen MR) is 170 cm³/mol. The Morgan fingerprint density at radius 1 is 0.763 bits per heavy atom. The third-order valence-electron chi connectivity index (χ3n) is 8.73. The van der Waals surface area contributed by atoms with Crippen LogP contribution in [0.5, 0.6) is 0 Å². The number of allylic oxidation sites excluding steroid dienone is 2. The van der Waals surface area contributed by atoms with Gasteiger partial charge in [0.15, 0.2) is 0 Å². The summed E-state index contributed by atoms with van der Waals surface area (Å²) < 4.78 is 6.56. The first-order valence-corrected chi connectivity index (χ1v) is 26.9. The van der Waals surface area contributed by atoms with Crippen LogP contribution in [-0.4, -0.2) is 11.9 Å². The summed E-state index contributed by atoms with van der Waals surface area (Å²) in [5.41, 5.74) is 12.8. The molecule has 0 spiro atoms. The molecule has 1 heterocycles. The molecule has 4 aromatic rings. The van der Waals surface area contributed by atoms with E-state index in [2.05, 4.69) is 116 Å². The van der Waals surface area contributed by atoms with Gasteiger partial charge in [-0.1, -0.05) is 0 Å². The summed E-state index contributed by atoms with van der Waals surface area (Å²) in [6.45, 7) is 9.59. The molecule has 0 bridgehead atoms. The molecule has 0 aliphatic heterocycles. The summed E-state index contributed by atoms with van der Waals surface area (Å²) in [4.78, 5) is 4.80. The van der Waals surface area contributed by atoms with Crippen LogP contribution >= 0.6 is 24.8 Å². The predicted octanol–water partition coefficient (Wildman–Crippen LogP) is 9.33. The van der Waals surface area contributed by atoms with Gasteiger partial charge in [0.2, 0.25) is 0 Å². The van der Waals surface area contributed by atoms with Gasteiger partial charge >= 0.3 is 219 Å². The Labute approximate surface area is 242 Å². The van der Waals surface area contributed by atoms with Crippen molar-refractivity contribution in [3.63, 3.8) is 0 Å². The third kappa shape index (κ3) is 4.44. The summed E-state index contributed by atoms with van der Waals surface area (Å²) in [5, 5.41) is 1.20. The normalized spacial score (nSPS) is 18.3. The number of benzene rings is 3. The summed E-state index contributed by atoms with van der Waals surface area (Å²) in [6.07, 6.45) is 6.94. The molecule has 2 aliphatic carbocycles. The van der Waals surface area contributed by atoms with Crippen LogP contribution in [0, 0.1) is 5.92 Å². The number of fused-ring (bicyclic) bond motifs is 3. The maximum Gasteiger partial charge on any atom is -0.147 e. The first kappa shape index (κ1) is 29.2. The number of nitrogens with zero attached hydrogens (tertiary/aromatic N) is 1. The van der Waals surface area contributed by atoms with E-state index in [1.165, 1.54) is 27.6 Å². The van der Waals surface area contributed by atoms with E-state index in [-0.39, 0.29) is 24.8 Å². The Hall–Kier alpha value is -1.77. The van der Waals surface area contributed by atoms with Crippen LogP contribution in [0.4, 0.5) is 0 Å². The Morgan fingerprint density at radius 2 is 1.42 bits per heavy atom. The zero-order chi connectivity index (χ0) is 25.3. The molecule has 1 aromatic heterocycles. The summed E-state index contributed by atoms with van der Waals surface area (Å²) in [6, 6.07) is 26.9. The molecule has 0 saturated carbocycles. The van der Waals surface area contributed by atoms with Crippen molar-refractivity contribution in [2.45, 2.75) is 37.3 Å².